The van der Waals surface area contributed by atoms with Gasteiger partial charge in [-0.2, -0.15) is 0 Å². The van der Waals surface area contributed by atoms with Crippen LogP contribution < -0.4 is 10.1 Å². The zero-order chi connectivity index (χ0) is 14.5. The Morgan fingerprint density at radius 2 is 1.85 bits per heavy atom. The van der Waals surface area contributed by atoms with Crippen molar-refractivity contribution in [1.82, 2.24) is 9.80 Å². The molecule has 0 aromatic heterocycles. The van der Waals surface area contributed by atoms with E-state index in [9.17, 15) is 4.79 Å². The molecule has 1 N–H and O–H groups in total. The third-order valence-corrected chi connectivity index (χ3v) is 3.61. The Morgan fingerprint density at radius 3 is 2.35 bits per heavy atom. The molecule has 2 rings (SSSR count). The fourth-order valence-electron chi connectivity index (χ4n) is 2.42. The van der Waals surface area contributed by atoms with E-state index in [-0.39, 0.29) is 6.03 Å². The summed E-state index contributed by atoms with van der Waals surface area (Å²) in [6, 6.07) is 8.48. The van der Waals surface area contributed by atoms with Crippen LogP contribution in [-0.4, -0.2) is 56.2 Å². The number of hydrogen-bond acceptors (Lipinski definition) is 3. The number of carbonyl (C=O) groups excluding carboxylic acids is 1. The quantitative estimate of drug-likeness (QED) is 0.921. The lowest BCUT2D eigenvalue weighted by atomic mass is 10.0. The number of urea groups is 1. The van der Waals surface area contributed by atoms with E-state index in [4.69, 9.17) is 4.74 Å². The van der Waals surface area contributed by atoms with E-state index >= 15 is 0 Å². The number of carbonyl (C=O) groups is 1. The van der Waals surface area contributed by atoms with Gasteiger partial charge in [0.25, 0.3) is 0 Å². The standard InChI is InChI=1S/C15H23N3O2/c1-17(2)15(19)18-10-8-13(9-11-18)16-12-4-6-14(20-3)7-5-12/h4-7,13,16H,8-11H2,1-3H3. The minimum atomic E-state index is 0.105. The van der Waals surface area contributed by atoms with E-state index in [0.29, 0.717) is 6.04 Å². The molecule has 0 bridgehead atoms. The molecular weight excluding hydrogens is 254 g/mol. The maximum Gasteiger partial charge on any atom is 0.319 e. The summed E-state index contributed by atoms with van der Waals surface area (Å²) in [6.45, 7) is 1.62. The normalized spacial score (nSPS) is 15.8. The van der Waals surface area contributed by atoms with Crippen molar-refractivity contribution < 1.29 is 9.53 Å². The third-order valence-electron chi connectivity index (χ3n) is 3.61. The van der Waals surface area contributed by atoms with Crippen LogP contribution in [0, 0.1) is 0 Å². The summed E-state index contributed by atoms with van der Waals surface area (Å²) >= 11 is 0. The van der Waals surface area contributed by atoms with E-state index < -0.39 is 0 Å². The molecule has 0 radical (unpaired) electrons. The van der Waals surface area contributed by atoms with Gasteiger partial charge >= 0.3 is 6.03 Å². The number of piperidine rings is 1. The summed E-state index contributed by atoms with van der Waals surface area (Å²) in [4.78, 5) is 15.4. The number of methoxy groups -OCH3 is 1. The second-order valence-electron chi connectivity index (χ2n) is 5.31. The van der Waals surface area contributed by atoms with E-state index in [1.165, 1.54) is 0 Å². The topological polar surface area (TPSA) is 44.8 Å². The van der Waals surface area contributed by atoms with Crippen molar-refractivity contribution in [3.63, 3.8) is 0 Å². The first-order valence-corrected chi connectivity index (χ1v) is 6.97. The highest BCUT2D eigenvalue weighted by Gasteiger charge is 2.23. The lowest BCUT2D eigenvalue weighted by molar-refractivity contribution is 0.158. The smallest absolute Gasteiger partial charge is 0.319 e. The minimum Gasteiger partial charge on any atom is -0.497 e. The molecule has 0 unspecified atom stereocenters. The highest BCUT2D eigenvalue weighted by Crippen LogP contribution is 2.19. The largest absolute Gasteiger partial charge is 0.497 e. The number of nitrogens with one attached hydrogen (secondary N) is 1. The average molecular weight is 277 g/mol. The van der Waals surface area contributed by atoms with Crippen LogP contribution in [-0.2, 0) is 0 Å². The van der Waals surface area contributed by atoms with E-state index in [2.05, 4.69) is 5.32 Å². The van der Waals surface area contributed by atoms with Crippen molar-refractivity contribution >= 4 is 11.7 Å². The van der Waals surface area contributed by atoms with Crippen LogP contribution >= 0.6 is 0 Å². The van der Waals surface area contributed by atoms with Crippen LogP contribution in [0.3, 0.4) is 0 Å². The number of ether oxygens (including phenoxy) is 1. The lowest BCUT2D eigenvalue weighted by Crippen LogP contribution is -2.46. The predicted octanol–water partition coefficient (Wildman–Crippen LogP) is 2.25. The van der Waals surface area contributed by atoms with Gasteiger partial charge in [0.2, 0.25) is 0 Å². The van der Waals surface area contributed by atoms with Crippen LogP contribution in [0.1, 0.15) is 12.8 Å². The number of likely N-dealkylation sites (tertiary alicyclic amines) is 1. The fourth-order valence-corrected chi connectivity index (χ4v) is 2.42. The molecule has 1 aliphatic rings. The zero-order valence-electron chi connectivity index (χ0n) is 12.4. The van der Waals surface area contributed by atoms with E-state index in [0.717, 1.165) is 37.4 Å². The molecule has 1 aliphatic heterocycles. The molecule has 0 spiro atoms. The van der Waals surface area contributed by atoms with Gasteiger partial charge in [0, 0.05) is 38.9 Å². The van der Waals surface area contributed by atoms with Crippen molar-refractivity contribution in [2.75, 3.05) is 39.6 Å². The van der Waals surface area contributed by atoms with Crippen molar-refractivity contribution in [3.05, 3.63) is 24.3 Å². The summed E-state index contributed by atoms with van der Waals surface area (Å²) in [5.41, 5.74) is 1.10. The van der Waals surface area contributed by atoms with Gasteiger partial charge in [-0.1, -0.05) is 0 Å². The van der Waals surface area contributed by atoms with Crippen LogP contribution in [0.25, 0.3) is 0 Å². The summed E-state index contributed by atoms with van der Waals surface area (Å²) in [6.07, 6.45) is 1.96. The number of benzene rings is 1. The number of nitrogens with zero attached hydrogens (tertiary/aromatic N) is 2. The number of anilines is 1. The van der Waals surface area contributed by atoms with E-state index in [1.807, 2.05) is 29.2 Å². The molecule has 0 saturated carbocycles. The minimum absolute atomic E-state index is 0.105. The van der Waals surface area contributed by atoms with Crippen molar-refractivity contribution in [1.29, 1.82) is 0 Å². The highest BCUT2D eigenvalue weighted by molar-refractivity contribution is 5.73. The van der Waals surface area contributed by atoms with Gasteiger partial charge in [0.05, 0.1) is 7.11 Å². The van der Waals surface area contributed by atoms with Crippen LogP contribution in [0.2, 0.25) is 0 Å². The fraction of sp³-hybridized carbons (Fsp3) is 0.533. The van der Waals surface area contributed by atoms with Gasteiger partial charge < -0.3 is 19.9 Å². The van der Waals surface area contributed by atoms with Gasteiger partial charge in [-0.15, -0.1) is 0 Å². The molecule has 1 saturated heterocycles. The molecule has 110 valence electrons. The number of rotatable bonds is 3. The third kappa shape index (κ3) is 3.56. The Bertz CT molecular complexity index is 437. The molecular formula is C15H23N3O2. The number of amides is 2. The first kappa shape index (κ1) is 14.5. The van der Waals surface area contributed by atoms with Crippen LogP contribution in [0.15, 0.2) is 24.3 Å². The molecule has 1 aromatic rings. The molecule has 1 aromatic carbocycles. The summed E-state index contributed by atoms with van der Waals surface area (Å²) in [7, 11) is 5.26. The first-order valence-electron chi connectivity index (χ1n) is 6.97. The van der Waals surface area contributed by atoms with Gasteiger partial charge in [-0.3, -0.25) is 0 Å². The van der Waals surface area contributed by atoms with Crippen molar-refractivity contribution in [2.24, 2.45) is 0 Å². The second-order valence-corrected chi connectivity index (χ2v) is 5.31. The monoisotopic (exact) mass is 277 g/mol. The SMILES string of the molecule is COc1ccc(NC2CCN(C(=O)N(C)C)CC2)cc1. The van der Waals surface area contributed by atoms with Crippen molar-refractivity contribution in [3.8, 4) is 5.75 Å². The lowest BCUT2D eigenvalue weighted by Gasteiger charge is -2.34. The molecule has 5 heteroatoms. The Labute approximate surface area is 120 Å². The Balaban J connectivity index is 1.83. The maximum absolute atomic E-state index is 11.9. The van der Waals surface area contributed by atoms with Crippen LogP contribution in [0.4, 0.5) is 10.5 Å². The van der Waals surface area contributed by atoms with Gasteiger partial charge in [0.1, 0.15) is 5.75 Å². The maximum atomic E-state index is 11.9. The van der Waals surface area contributed by atoms with E-state index in [1.54, 1.807) is 26.1 Å². The molecule has 1 heterocycles. The second kappa shape index (κ2) is 6.50. The van der Waals surface area contributed by atoms with Crippen LogP contribution in [0.5, 0.6) is 5.75 Å². The summed E-state index contributed by atoms with van der Waals surface area (Å²) in [5.74, 6) is 0.863. The molecule has 5 nitrogen and oxygen atoms in total. The predicted molar refractivity (Wildman–Crippen MR) is 80.3 cm³/mol. The average Bonchev–Trinajstić information content (AvgIpc) is 2.48. The van der Waals surface area contributed by atoms with Gasteiger partial charge in [-0.25, -0.2) is 4.79 Å². The Morgan fingerprint density at radius 1 is 1.25 bits per heavy atom. The molecule has 1 fully saturated rings. The first-order chi connectivity index (χ1) is 9.60. The molecule has 20 heavy (non-hydrogen) atoms. The number of hydrogen-bond donors (Lipinski definition) is 1. The van der Waals surface area contributed by atoms with Gasteiger partial charge in [0.15, 0.2) is 0 Å². The molecule has 0 aliphatic carbocycles. The summed E-state index contributed by atoms with van der Waals surface area (Å²) < 4.78 is 5.15. The molecule has 2 amide bonds. The highest BCUT2D eigenvalue weighted by atomic mass is 16.5. The summed E-state index contributed by atoms with van der Waals surface area (Å²) in [5, 5.41) is 3.51. The van der Waals surface area contributed by atoms with Crippen molar-refractivity contribution in [2.45, 2.75) is 18.9 Å². The zero-order valence-corrected chi connectivity index (χ0v) is 12.4. The van der Waals surface area contributed by atoms with Gasteiger partial charge in [-0.05, 0) is 37.1 Å². The molecule has 0 atom stereocenters. The Hall–Kier alpha value is -1.91. The Kier molecular flexibility index (Phi) is 4.71.